The molecule has 2 aliphatic heterocycles. The van der Waals surface area contributed by atoms with Crippen molar-refractivity contribution in [3.05, 3.63) is 33.1 Å². The van der Waals surface area contributed by atoms with E-state index in [0.717, 1.165) is 6.42 Å². The number of hydrogen-bond donors (Lipinski definition) is 2. The number of hydrogen-bond acceptors (Lipinski definition) is 9. The quantitative estimate of drug-likeness (QED) is 0.0387. The molecular formula is C43H80N3O9PSi. The van der Waals surface area contributed by atoms with Crippen LogP contribution in [0, 0.1) is 0 Å². The van der Waals surface area contributed by atoms with Crippen molar-refractivity contribution in [1.29, 1.82) is 0 Å². The Morgan fingerprint density at radius 1 is 0.860 bits per heavy atom. The summed E-state index contributed by atoms with van der Waals surface area (Å²) in [7, 11) is -3.94. The number of unbranched alkanes of at least 4 members (excludes halogenated alkanes) is 3. The summed E-state index contributed by atoms with van der Waals surface area (Å²) in [5.74, 6) is -1.53. The van der Waals surface area contributed by atoms with Crippen LogP contribution in [0.25, 0.3) is 0 Å². The Morgan fingerprint density at radius 3 is 1.91 bits per heavy atom. The van der Waals surface area contributed by atoms with Gasteiger partial charge in [0.2, 0.25) is 8.32 Å². The fraction of sp³-hybridized carbons (Fsp3) is 0.860. The molecule has 2 fully saturated rings. The van der Waals surface area contributed by atoms with E-state index >= 15 is 0 Å². The van der Waals surface area contributed by atoms with Gasteiger partial charge in [-0.05, 0) is 23.0 Å². The summed E-state index contributed by atoms with van der Waals surface area (Å²) in [5.41, 5.74) is -0.473. The number of rotatable bonds is 27. The van der Waals surface area contributed by atoms with Crippen LogP contribution in [-0.2, 0) is 33.0 Å². The molecule has 1 amide bonds. The van der Waals surface area contributed by atoms with Crippen molar-refractivity contribution < 1.29 is 33.0 Å². The first kappa shape index (κ1) is 49.5. The summed E-state index contributed by atoms with van der Waals surface area (Å²) in [4.78, 5) is 54.3. The van der Waals surface area contributed by atoms with Crippen LogP contribution in [0.4, 0.5) is 0 Å². The van der Waals surface area contributed by atoms with Crippen LogP contribution >= 0.6 is 7.26 Å². The van der Waals surface area contributed by atoms with Crippen LogP contribution in [-0.4, -0.2) is 98.3 Å². The first-order valence-corrected chi connectivity index (χ1v) is 27.5. The van der Waals surface area contributed by atoms with Gasteiger partial charge in [0.1, 0.15) is 6.10 Å². The number of aromatic nitrogens is 2. The predicted molar refractivity (Wildman–Crippen MR) is 235 cm³/mol. The summed E-state index contributed by atoms with van der Waals surface area (Å²) < 4.78 is 33.5. The topological polar surface area (TPSA) is 147 Å². The van der Waals surface area contributed by atoms with Crippen molar-refractivity contribution in [2.45, 2.75) is 193 Å². The van der Waals surface area contributed by atoms with Crippen molar-refractivity contribution in [2.75, 3.05) is 44.4 Å². The van der Waals surface area contributed by atoms with Gasteiger partial charge < -0.3 is 9.16 Å². The molecule has 2 aliphatic rings. The summed E-state index contributed by atoms with van der Waals surface area (Å²) in [6.45, 7) is 23.3. The fourth-order valence-electron chi connectivity index (χ4n) is 9.70. The molecule has 0 aromatic carbocycles. The molecule has 4 atom stereocenters. The molecule has 0 radical (unpaired) electrons. The number of carbonyl (C=O) groups excluding carboxylic acids is 2. The van der Waals surface area contributed by atoms with Gasteiger partial charge in [-0.25, -0.2) is 4.79 Å². The standard InChI is InChI=1S/C43H80N3O9PSi/c1-11-15-28-56(29-16-12-2,30-17-13-3)31-18-24-44-36(47)19-22-43(51-26-27-52-43)23-20-38(49)54-39-35(14-4)53-41(46-25-21-37(48)45-42(46)50)40(39)55-57(32(5)6,33(7)8)34(9)10/h21,25,32-35,39-41,56H,11-20,22-24,26-31H2,1-10H3,(H,44,47)(H,45,48,50)/t35-,39?,40+,41-/m1/s1. The van der Waals surface area contributed by atoms with E-state index in [-0.39, 0.29) is 41.8 Å². The van der Waals surface area contributed by atoms with Gasteiger partial charge in [-0.1, -0.05) is 48.5 Å². The molecule has 0 spiro atoms. The summed E-state index contributed by atoms with van der Waals surface area (Å²) in [5, 5.41) is 3.17. The van der Waals surface area contributed by atoms with Gasteiger partial charge in [0.25, 0.3) is 5.56 Å². The molecule has 0 saturated carbocycles. The fourth-order valence-corrected chi connectivity index (χ4v) is 21.0. The Hall–Kier alpha value is -1.89. The third-order valence-corrected chi connectivity index (χ3v) is 24.5. The normalized spacial score (nSPS) is 21.5. The zero-order chi connectivity index (χ0) is 42.2. The predicted octanol–water partition coefficient (Wildman–Crippen LogP) is 8.28. The Morgan fingerprint density at radius 2 is 1.40 bits per heavy atom. The molecule has 14 heteroatoms. The molecule has 12 nitrogen and oxygen atoms in total. The van der Waals surface area contributed by atoms with Crippen LogP contribution in [0.5, 0.6) is 0 Å². The first-order valence-electron chi connectivity index (χ1n) is 22.5. The summed E-state index contributed by atoms with van der Waals surface area (Å²) in [6, 6.07) is 1.28. The molecule has 2 saturated heterocycles. The monoisotopic (exact) mass is 842 g/mol. The SMILES string of the molecule is CCCC[PH](CCCC)(CCCC)CCCNC(=O)CCC1(CCC(=O)OC2[C@@H](CC)O[C@@H](n3ccc(=O)[nH]c3=O)[C@H]2O[Si](C(C)C)(C(C)C)C(C)C)OCCO1. The van der Waals surface area contributed by atoms with Crippen molar-refractivity contribution in [1.82, 2.24) is 14.9 Å². The van der Waals surface area contributed by atoms with E-state index in [4.69, 9.17) is 23.4 Å². The van der Waals surface area contributed by atoms with Crippen LogP contribution in [0.15, 0.2) is 21.9 Å². The summed E-state index contributed by atoms with van der Waals surface area (Å²) in [6.07, 6.45) is 13.9. The van der Waals surface area contributed by atoms with Crippen molar-refractivity contribution >= 4 is 27.5 Å². The molecule has 57 heavy (non-hydrogen) atoms. The second-order valence-electron chi connectivity index (χ2n) is 17.7. The van der Waals surface area contributed by atoms with Crippen LogP contribution < -0.4 is 16.6 Å². The number of esters is 1. The van der Waals surface area contributed by atoms with E-state index in [2.05, 4.69) is 72.6 Å². The van der Waals surface area contributed by atoms with Crippen molar-refractivity contribution in [3.63, 3.8) is 0 Å². The van der Waals surface area contributed by atoms with Gasteiger partial charge >= 0.3 is 196 Å². The number of aromatic amines is 1. The van der Waals surface area contributed by atoms with E-state index in [1.54, 1.807) is 0 Å². The molecule has 0 aliphatic carbocycles. The van der Waals surface area contributed by atoms with Crippen molar-refractivity contribution in [2.24, 2.45) is 0 Å². The van der Waals surface area contributed by atoms with Crippen LogP contribution in [0.2, 0.25) is 16.6 Å². The third kappa shape index (κ3) is 13.6. The van der Waals surface area contributed by atoms with Crippen LogP contribution in [0.1, 0.15) is 153 Å². The minimum absolute atomic E-state index is 0.00560. The Balaban J connectivity index is 1.69. The molecule has 1 unspecified atom stereocenters. The first-order chi connectivity index (χ1) is 27.1. The molecule has 3 heterocycles. The molecule has 1 aromatic rings. The van der Waals surface area contributed by atoms with Gasteiger partial charge in [0.15, 0.2) is 12.3 Å². The maximum atomic E-state index is 13.8. The average molecular weight is 842 g/mol. The van der Waals surface area contributed by atoms with Crippen LogP contribution in [0.3, 0.4) is 0 Å². The number of nitrogens with zero attached hydrogens (tertiary/aromatic N) is 1. The second-order valence-corrected chi connectivity index (χ2v) is 28.1. The van der Waals surface area contributed by atoms with Gasteiger partial charge in [0.05, 0.1) is 6.10 Å². The van der Waals surface area contributed by atoms with E-state index in [1.165, 1.54) is 80.0 Å². The Bertz CT molecular complexity index is 1430. The van der Waals surface area contributed by atoms with E-state index in [1.807, 2.05) is 6.92 Å². The molecule has 1 aromatic heterocycles. The Kier molecular flexibility index (Phi) is 20.6. The summed E-state index contributed by atoms with van der Waals surface area (Å²) >= 11 is 0. The molecule has 330 valence electrons. The zero-order valence-electron chi connectivity index (χ0n) is 37.3. The van der Waals surface area contributed by atoms with Gasteiger partial charge in [0, 0.05) is 12.3 Å². The van der Waals surface area contributed by atoms with E-state index in [0.29, 0.717) is 32.6 Å². The molecular weight excluding hydrogens is 762 g/mol. The number of carbonyl (C=O) groups is 2. The van der Waals surface area contributed by atoms with Gasteiger partial charge in [-0.2, -0.15) is 0 Å². The maximum absolute atomic E-state index is 13.8. The molecule has 2 N–H and O–H groups in total. The minimum atomic E-state index is -2.58. The van der Waals surface area contributed by atoms with Gasteiger partial charge in [-0.3, -0.25) is 14.3 Å². The second kappa shape index (κ2) is 23.8. The van der Waals surface area contributed by atoms with E-state index < -0.39 is 63.1 Å². The third-order valence-electron chi connectivity index (χ3n) is 12.8. The number of amides is 1. The van der Waals surface area contributed by atoms with E-state index in [9.17, 15) is 19.2 Å². The zero-order valence-corrected chi connectivity index (χ0v) is 39.3. The molecule has 3 rings (SSSR count). The Labute approximate surface area is 345 Å². The number of H-pyrrole nitrogens is 1. The van der Waals surface area contributed by atoms with Crippen molar-refractivity contribution in [3.8, 4) is 0 Å². The molecule has 0 bridgehead atoms. The van der Waals surface area contributed by atoms with Gasteiger partial charge in [-0.15, -0.1) is 0 Å². The number of ether oxygens (including phenoxy) is 4. The average Bonchev–Trinajstić information content (AvgIpc) is 3.78. The number of nitrogens with one attached hydrogen (secondary N) is 2.